The zero-order valence-corrected chi connectivity index (χ0v) is 13.1. The minimum atomic E-state index is -0.411. The molecule has 0 saturated carbocycles. The van der Waals surface area contributed by atoms with Gasteiger partial charge in [0.2, 0.25) is 0 Å². The molecule has 0 fully saturated rings. The first-order valence-electron chi connectivity index (χ1n) is 7.24. The molecule has 3 rings (SSSR count). The van der Waals surface area contributed by atoms with Crippen LogP contribution in [0.1, 0.15) is 5.56 Å². The van der Waals surface area contributed by atoms with Crippen molar-refractivity contribution in [2.45, 2.75) is 19.0 Å². The van der Waals surface area contributed by atoms with E-state index in [1.807, 2.05) is 24.3 Å². The van der Waals surface area contributed by atoms with Crippen LogP contribution in [0, 0.1) is 5.82 Å². The monoisotopic (exact) mass is 330 g/mol. The first-order chi connectivity index (χ1) is 11.1. The quantitative estimate of drug-likeness (QED) is 0.781. The van der Waals surface area contributed by atoms with Gasteiger partial charge in [0.25, 0.3) is 0 Å². The fraction of sp³-hybridized carbons (Fsp3) is 0.176. The van der Waals surface area contributed by atoms with Gasteiger partial charge in [-0.15, -0.1) is 0 Å². The summed E-state index contributed by atoms with van der Waals surface area (Å²) in [6, 6.07) is 12.7. The summed E-state index contributed by atoms with van der Waals surface area (Å²) in [5.41, 5.74) is 9.14. The molecule has 0 aliphatic heterocycles. The molecule has 3 aromatic rings. The van der Waals surface area contributed by atoms with Crippen molar-refractivity contribution >= 4 is 11.6 Å². The lowest BCUT2D eigenvalue weighted by Gasteiger charge is -2.12. The van der Waals surface area contributed by atoms with Crippen molar-refractivity contribution in [1.82, 2.24) is 14.8 Å². The van der Waals surface area contributed by atoms with Crippen LogP contribution < -0.4 is 5.73 Å². The van der Waals surface area contributed by atoms with Gasteiger partial charge in [-0.25, -0.2) is 9.37 Å². The fourth-order valence-corrected chi connectivity index (χ4v) is 2.62. The molecule has 1 heterocycles. The average Bonchev–Trinajstić information content (AvgIpc) is 3.03. The minimum Gasteiger partial charge on any atom is -0.326 e. The number of nitrogens with two attached hydrogens (primary N) is 1. The molecule has 2 aromatic carbocycles. The lowest BCUT2D eigenvalue weighted by atomic mass is 10.0. The maximum Gasteiger partial charge on any atom is 0.141 e. The van der Waals surface area contributed by atoms with Gasteiger partial charge in [-0.1, -0.05) is 41.9 Å². The van der Waals surface area contributed by atoms with Crippen LogP contribution >= 0.6 is 11.6 Å². The molecular formula is C17H16ClFN4. The van der Waals surface area contributed by atoms with E-state index in [0.29, 0.717) is 6.54 Å². The molecule has 6 heteroatoms. The first-order valence-corrected chi connectivity index (χ1v) is 7.62. The third-order valence-electron chi connectivity index (χ3n) is 3.59. The van der Waals surface area contributed by atoms with Crippen LogP contribution in [-0.4, -0.2) is 20.8 Å². The van der Waals surface area contributed by atoms with Gasteiger partial charge < -0.3 is 5.73 Å². The van der Waals surface area contributed by atoms with E-state index >= 15 is 0 Å². The number of rotatable bonds is 5. The van der Waals surface area contributed by atoms with Crippen molar-refractivity contribution in [3.05, 3.63) is 71.5 Å². The summed E-state index contributed by atoms with van der Waals surface area (Å²) in [4.78, 5) is 3.90. The zero-order valence-electron chi connectivity index (χ0n) is 12.4. The smallest absolute Gasteiger partial charge is 0.141 e. The van der Waals surface area contributed by atoms with Crippen molar-refractivity contribution in [2.75, 3.05) is 0 Å². The molecule has 23 heavy (non-hydrogen) atoms. The van der Waals surface area contributed by atoms with Crippen LogP contribution in [-0.2, 0) is 13.0 Å². The number of hydrogen-bond acceptors (Lipinski definition) is 3. The summed E-state index contributed by atoms with van der Waals surface area (Å²) in [5, 5.41) is 4.18. The molecule has 1 aromatic heterocycles. The van der Waals surface area contributed by atoms with E-state index in [1.165, 1.54) is 12.4 Å². The summed E-state index contributed by atoms with van der Waals surface area (Å²) in [6.45, 7) is 0.620. The molecule has 1 atom stereocenters. The Morgan fingerprint density at radius 1 is 1.13 bits per heavy atom. The molecule has 0 radical (unpaired) electrons. The molecule has 0 amide bonds. The number of nitrogens with zero attached hydrogens (tertiary/aromatic N) is 3. The zero-order chi connectivity index (χ0) is 16.2. The molecule has 0 aliphatic carbocycles. The van der Waals surface area contributed by atoms with Gasteiger partial charge in [0.1, 0.15) is 18.5 Å². The largest absolute Gasteiger partial charge is 0.326 e. The van der Waals surface area contributed by atoms with E-state index in [2.05, 4.69) is 10.1 Å². The molecule has 118 valence electrons. The predicted molar refractivity (Wildman–Crippen MR) is 88.5 cm³/mol. The molecule has 0 aliphatic rings. The Labute approximate surface area is 138 Å². The Hall–Kier alpha value is -2.24. The normalized spacial score (nSPS) is 12.3. The van der Waals surface area contributed by atoms with Crippen molar-refractivity contribution in [1.29, 1.82) is 0 Å². The molecule has 4 nitrogen and oxygen atoms in total. The van der Waals surface area contributed by atoms with E-state index in [9.17, 15) is 4.39 Å². The second-order valence-electron chi connectivity index (χ2n) is 5.41. The highest BCUT2D eigenvalue weighted by Gasteiger charge is 2.07. The highest BCUT2D eigenvalue weighted by molar-refractivity contribution is 6.31. The summed E-state index contributed by atoms with van der Waals surface area (Å²) < 4.78 is 14.9. The first kappa shape index (κ1) is 15.6. The Morgan fingerprint density at radius 2 is 1.87 bits per heavy atom. The van der Waals surface area contributed by atoms with E-state index in [-0.39, 0.29) is 11.1 Å². The number of hydrogen-bond donors (Lipinski definition) is 1. The van der Waals surface area contributed by atoms with E-state index in [0.717, 1.165) is 23.1 Å². The van der Waals surface area contributed by atoms with E-state index in [4.69, 9.17) is 17.3 Å². The third kappa shape index (κ3) is 3.94. The molecule has 0 saturated heterocycles. The maximum atomic E-state index is 13.2. The van der Waals surface area contributed by atoms with E-state index in [1.54, 1.807) is 23.1 Å². The number of halogens is 2. The molecule has 0 bridgehead atoms. The topological polar surface area (TPSA) is 56.7 Å². The summed E-state index contributed by atoms with van der Waals surface area (Å²) >= 11 is 5.83. The van der Waals surface area contributed by atoms with Crippen molar-refractivity contribution in [3.63, 3.8) is 0 Å². The van der Waals surface area contributed by atoms with Gasteiger partial charge >= 0.3 is 0 Å². The second kappa shape index (κ2) is 6.89. The van der Waals surface area contributed by atoms with Gasteiger partial charge in [0, 0.05) is 6.04 Å². The van der Waals surface area contributed by atoms with Gasteiger partial charge in [-0.2, -0.15) is 5.10 Å². The number of benzene rings is 2. The molecule has 1 unspecified atom stereocenters. The second-order valence-corrected chi connectivity index (χ2v) is 5.81. The molecule has 0 spiro atoms. The van der Waals surface area contributed by atoms with Crippen molar-refractivity contribution < 1.29 is 4.39 Å². The fourth-order valence-electron chi connectivity index (χ4n) is 2.44. The Bertz CT molecular complexity index is 772. The van der Waals surface area contributed by atoms with Crippen molar-refractivity contribution in [2.24, 2.45) is 5.73 Å². The molecule has 2 N–H and O–H groups in total. The standard InChI is InChI=1S/C17H16ClFN4/c18-16-8-14(5-6-17(16)19)13-3-1-12(2-4-13)7-15(20)9-23-11-21-10-22-23/h1-6,8,10-11,15H,7,9,20H2. The highest BCUT2D eigenvalue weighted by atomic mass is 35.5. The van der Waals surface area contributed by atoms with Crippen molar-refractivity contribution in [3.8, 4) is 11.1 Å². The third-order valence-corrected chi connectivity index (χ3v) is 3.88. The Kier molecular flexibility index (Phi) is 4.69. The van der Waals surface area contributed by atoms with Crippen LogP contribution in [0.5, 0.6) is 0 Å². The van der Waals surface area contributed by atoms with E-state index < -0.39 is 5.82 Å². The van der Waals surface area contributed by atoms with Crippen LogP contribution in [0.4, 0.5) is 4.39 Å². The SMILES string of the molecule is NC(Cc1ccc(-c2ccc(F)c(Cl)c2)cc1)Cn1cncn1. The van der Waals surface area contributed by atoms with Crippen LogP contribution in [0.3, 0.4) is 0 Å². The Morgan fingerprint density at radius 3 is 2.52 bits per heavy atom. The number of aromatic nitrogens is 3. The van der Waals surface area contributed by atoms with Crippen LogP contribution in [0.25, 0.3) is 11.1 Å². The predicted octanol–water partition coefficient (Wildman–Crippen LogP) is 3.31. The lowest BCUT2D eigenvalue weighted by molar-refractivity contribution is 0.507. The summed E-state index contributed by atoms with van der Waals surface area (Å²) in [6.07, 6.45) is 3.89. The maximum absolute atomic E-state index is 13.2. The average molecular weight is 331 g/mol. The summed E-state index contributed by atoms with van der Waals surface area (Å²) in [7, 11) is 0. The molecular weight excluding hydrogens is 315 g/mol. The highest BCUT2D eigenvalue weighted by Crippen LogP contribution is 2.25. The summed E-state index contributed by atoms with van der Waals surface area (Å²) in [5.74, 6) is -0.411. The van der Waals surface area contributed by atoms with Crippen LogP contribution in [0.15, 0.2) is 55.1 Å². The van der Waals surface area contributed by atoms with Gasteiger partial charge in [0.05, 0.1) is 11.6 Å². The lowest BCUT2D eigenvalue weighted by Crippen LogP contribution is -2.28. The van der Waals surface area contributed by atoms with Gasteiger partial charge in [-0.3, -0.25) is 4.68 Å². The van der Waals surface area contributed by atoms with Crippen LogP contribution in [0.2, 0.25) is 5.02 Å². The Balaban J connectivity index is 1.68. The minimum absolute atomic E-state index is 0.0391. The van der Waals surface area contributed by atoms with Gasteiger partial charge in [0.15, 0.2) is 0 Å². The van der Waals surface area contributed by atoms with Gasteiger partial charge in [-0.05, 0) is 35.2 Å².